The lowest BCUT2D eigenvalue weighted by Crippen LogP contribution is -2.24. The summed E-state index contributed by atoms with van der Waals surface area (Å²) in [5, 5.41) is 7.38. The van der Waals surface area contributed by atoms with Crippen LogP contribution < -0.4 is 15.5 Å². The Kier molecular flexibility index (Phi) is 5.43. The van der Waals surface area contributed by atoms with Gasteiger partial charge in [0.15, 0.2) is 16.7 Å². The lowest BCUT2D eigenvalue weighted by Gasteiger charge is -2.09. The number of aryl methyl sites for hydroxylation is 1. The molecule has 0 amide bonds. The first-order valence-corrected chi connectivity index (χ1v) is 7.00. The molecule has 0 aliphatic heterocycles. The van der Waals surface area contributed by atoms with Crippen molar-refractivity contribution in [2.24, 2.45) is 5.10 Å². The second-order valence-corrected chi connectivity index (χ2v) is 4.94. The molecule has 0 aliphatic carbocycles. The normalized spacial score (nSPS) is 10.5. The lowest BCUT2D eigenvalue weighted by atomic mass is 10.2. The zero-order valence-corrected chi connectivity index (χ0v) is 13.1. The average molecular weight is 317 g/mol. The van der Waals surface area contributed by atoms with Crippen LogP contribution in [0.25, 0.3) is 0 Å². The topological polar surface area (TPSA) is 45.6 Å². The predicted octanol–water partition coefficient (Wildman–Crippen LogP) is 3.46. The van der Waals surface area contributed by atoms with Crippen LogP contribution in [-0.4, -0.2) is 18.4 Å². The van der Waals surface area contributed by atoms with Gasteiger partial charge in [0.2, 0.25) is 0 Å². The summed E-state index contributed by atoms with van der Waals surface area (Å²) in [5.41, 5.74) is 5.28. The third kappa shape index (κ3) is 4.26. The molecule has 0 spiro atoms. The summed E-state index contributed by atoms with van der Waals surface area (Å²) in [6.07, 6.45) is 1.48. The smallest absolute Gasteiger partial charge is 0.191 e. The van der Waals surface area contributed by atoms with Gasteiger partial charge < -0.3 is 10.1 Å². The van der Waals surface area contributed by atoms with Crippen molar-refractivity contribution in [3.63, 3.8) is 0 Å². The number of para-hydroxylation sites is 1. The van der Waals surface area contributed by atoms with Gasteiger partial charge >= 0.3 is 0 Å². The Morgan fingerprint density at radius 1 is 1.27 bits per heavy atom. The molecule has 4 nitrogen and oxygen atoms in total. The molecule has 2 aromatic rings. The Morgan fingerprint density at radius 3 is 2.73 bits per heavy atom. The number of ether oxygens (including phenoxy) is 1. The fourth-order valence-electron chi connectivity index (χ4n) is 1.79. The van der Waals surface area contributed by atoms with E-state index in [0.29, 0.717) is 10.7 Å². The molecule has 114 valence electrons. The van der Waals surface area contributed by atoms with Gasteiger partial charge in [0.25, 0.3) is 0 Å². The number of benzene rings is 2. The Bertz CT molecular complexity index is 704. The van der Waals surface area contributed by atoms with Gasteiger partial charge in [-0.25, -0.2) is 4.39 Å². The van der Waals surface area contributed by atoms with Gasteiger partial charge in [0.05, 0.1) is 13.3 Å². The van der Waals surface area contributed by atoms with Crippen LogP contribution in [0.4, 0.5) is 10.1 Å². The number of hydrogen-bond acceptors (Lipinski definition) is 3. The van der Waals surface area contributed by atoms with Crippen molar-refractivity contribution in [1.82, 2.24) is 5.43 Å². The van der Waals surface area contributed by atoms with E-state index in [1.165, 1.54) is 19.4 Å². The van der Waals surface area contributed by atoms with Crippen molar-refractivity contribution in [2.45, 2.75) is 6.92 Å². The molecule has 2 rings (SSSR count). The highest BCUT2D eigenvalue weighted by Gasteiger charge is 2.02. The summed E-state index contributed by atoms with van der Waals surface area (Å²) in [7, 11) is 1.42. The molecule has 6 heteroatoms. The van der Waals surface area contributed by atoms with Gasteiger partial charge in [-0.1, -0.05) is 18.2 Å². The molecule has 0 aliphatic rings. The molecule has 0 aromatic heterocycles. The molecule has 2 aromatic carbocycles. The van der Waals surface area contributed by atoms with Crippen LogP contribution in [-0.2, 0) is 0 Å². The van der Waals surface area contributed by atoms with Crippen LogP contribution >= 0.6 is 12.2 Å². The number of anilines is 1. The van der Waals surface area contributed by atoms with Crippen molar-refractivity contribution >= 4 is 29.2 Å². The first-order chi connectivity index (χ1) is 10.6. The molecular weight excluding hydrogens is 301 g/mol. The van der Waals surface area contributed by atoms with E-state index in [9.17, 15) is 4.39 Å². The van der Waals surface area contributed by atoms with Crippen LogP contribution in [0, 0.1) is 12.7 Å². The van der Waals surface area contributed by atoms with E-state index in [0.717, 1.165) is 11.3 Å². The van der Waals surface area contributed by atoms with Crippen LogP contribution in [0.3, 0.4) is 0 Å². The third-order valence-electron chi connectivity index (χ3n) is 2.95. The summed E-state index contributed by atoms with van der Waals surface area (Å²) < 4.78 is 18.4. The molecule has 22 heavy (non-hydrogen) atoms. The van der Waals surface area contributed by atoms with E-state index < -0.39 is 5.82 Å². The van der Waals surface area contributed by atoms with Crippen molar-refractivity contribution in [2.75, 3.05) is 12.4 Å². The Balaban J connectivity index is 1.93. The number of nitrogens with one attached hydrogen (secondary N) is 2. The van der Waals surface area contributed by atoms with Gasteiger partial charge in [-0.2, -0.15) is 5.10 Å². The zero-order valence-electron chi connectivity index (χ0n) is 12.3. The van der Waals surface area contributed by atoms with Gasteiger partial charge in [-0.15, -0.1) is 0 Å². The number of hydrogen-bond donors (Lipinski definition) is 2. The molecule has 0 saturated carbocycles. The maximum absolute atomic E-state index is 13.5. The minimum absolute atomic E-state index is 0.196. The Morgan fingerprint density at radius 2 is 2.05 bits per heavy atom. The summed E-state index contributed by atoms with van der Waals surface area (Å²) in [6.45, 7) is 1.98. The van der Waals surface area contributed by atoms with Gasteiger partial charge in [-0.3, -0.25) is 5.43 Å². The molecule has 0 fully saturated rings. The predicted molar refractivity (Wildman–Crippen MR) is 91.1 cm³/mol. The number of hydrazone groups is 1. The van der Waals surface area contributed by atoms with Crippen LogP contribution in [0.5, 0.6) is 5.75 Å². The molecule has 2 N–H and O–H groups in total. The molecular formula is C16H16FN3OS. The molecule has 0 bridgehead atoms. The zero-order chi connectivity index (χ0) is 15.9. The molecule has 0 heterocycles. The summed E-state index contributed by atoms with van der Waals surface area (Å²) in [5.74, 6) is -0.242. The van der Waals surface area contributed by atoms with Gasteiger partial charge in [-0.05, 0) is 54.5 Å². The molecule has 0 unspecified atom stereocenters. The molecule has 0 radical (unpaired) electrons. The largest absolute Gasteiger partial charge is 0.494 e. The number of nitrogens with zero attached hydrogens (tertiary/aromatic N) is 1. The van der Waals surface area contributed by atoms with Crippen molar-refractivity contribution in [3.05, 3.63) is 59.4 Å². The van der Waals surface area contributed by atoms with E-state index in [1.54, 1.807) is 12.1 Å². The van der Waals surface area contributed by atoms with E-state index in [1.807, 2.05) is 31.2 Å². The maximum Gasteiger partial charge on any atom is 0.191 e. The molecule has 0 saturated heterocycles. The minimum Gasteiger partial charge on any atom is -0.494 e. The monoisotopic (exact) mass is 317 g/mol. The maximum atomic E-state index is 13.5. The second kappa shape index (κ2) is 7.51. The van der Waals surface area contributed by atoms with E-state index in [-0.39, 0.29) is 5.75 Å². The van der Waals surface area contributed by atoms with Crippen molar-refractivity contribution in [1.29, 1.82) is 0 Å². The van der Waals surface area contributed by atoms with Gasteiger partial charge in [0.1, 0.15) is 0 Å². The van der Waals surface area contributed by atoms with Crippen LogP contribution in [0.1, 0.15) is 11.1 Å². The summed E-state index contributed by atoms with van der Waals surface area (Å²) >= 11 is 5.15. The standard InChI is InChI=1S/C16H16FN3OS/c1-11-5-3-4-6-14(11)19-16(22)20-18-10-12-7-8-15(21-2)13(17)9-12/h3-10H,1-2H3,(H2,19,20,22)/b18-10-. The lowest BCUT2D eigenvalue weighted by molar-refractivity contribution is 0.386. The van der Waals surface area contributed by atoms with E-state index in [4.69, 9.17) is 17.0 Å². The minimum atomic E-state index is -0.438. The Labute approximate surface area is 134 Å². The number of rotatable bonds is 4. The van der Waals surface area contributed by atoms with Gasteiger partial charge in [0, 0.05) is 5.69 Å². The van der Waals surface area contributed by atoms with E-state index >= 15 is 0 Å². The third-order valence-corrected chi connectivity index (χ3v) is 3.14. The second-order valence-electron chi connectivity index (χ2n) is 4.53. The van der Waals surface area contributed by atoms with E-state index in [2.05, 4.69) is 15.8 Å². The number of methoxy groups -OCH3 is 1. The average Bonchev–Trinajstić information content (AvgIpc) is 2.50. The fourth-order valence-corrected chi connectivity index (χ4v) is 1.95. The van der Waals surface area contributed by atoms with Crippen LogP contribution in [0.15, 0.2) is 47.6 Å². The van der Waals surface area contributed by atoms with Crippen molar-refractivity contribution < 1.29 is 9.13 Å². The highest BCUT2D eigenvalue weighted by molar-refractivity contribution is 7.80. The molecule has 0 atom stereocenters. The quantitative estimate of drug-likeness (QED) is 0.515. The SMILES string of the molecule is COc1ccc(/C=N\NC(=S)Nc2ccccc2C)cc1F. The first kappa shape index (κ1) is 15.9. The van der Waals surface area contributed by atoms with Crippen LogP contribution in [0.2, 0.25) is 0 Å². The Hall–Kier alpha value is -2.47. The number of halogens is 1. The highest BCUT2D eigenvalue weighted by Crippen LogP contribution is 2.16. The fraction of sp³-hybridized carbons (Fsp3) is 0.125. The highest BCUT2D eigenvalue weighted by atomic mass is 32.1. The summed E-state index contributed by atoms with van der Waals surface area (Å²) in [4.78, 5) is 0. The van der Waals surface area contributed by atoms with Crippen molar-refractivity contribution in [3.8, 4) is 5.75 Å². The first-order valence-electron chi connectivity index (χ1n) is 6.59. The summed E-state index contributed by atoms with van der Waals surface area (Å²) in [6, 6.07) is 12.3. The number of thiocarbonyl (C=S) groups is 1.